The Kier molecular flexibility index (Phi) is 5.82. The Hall–Kier alpha value is -2.78. The molecule has 0 radical (unpaired) electrons. The van der Waals surface area contributed by atoms with Crippen LogP contribution in [0.15, 0.2) is 66.7 Å². The van der Waals surface area contributed by atoms with E-state index in [1.807, 2.05) is 18.2 Å². The van der Waals surface area contributed by atoms with Gasteiger partial charge in [-0.1, -0.05) is 42.5 Å². The Morgan fingerprint density at radius 2 is 1.67 bits per heavy atom. The van der Waals surface area contributed by atoms with Crippen molar-refractivity contribution >= 4 is 17.1 Å². The van der Waals surface area contributed by atoms with Crippen LogP contribution in [-0.2, 0) is 6.54 Å². The third-order valence-electron chi connectivity index (χ3n) is 4.84. The van der Waals surface area contributed by atoms with Crippen molar-refractivity contribution in [3.63, 3.8) is 0 Å². The van der Waals surface area contributed by atoms with Crippen LogP contribution in [0, 0.1) is 13.8 Å². The summed E-state index contributed by atoms with van der Waals surface area (Å²) in [7, 11) is 2.06. The normalized spacial score (nSPS) is 11.9. The van der Waals surface area contributed by atoms with Gasteiger partial charge >= 0.3 is 0 Å². The zero-order valence-electron chi connectivity index (χ0n) is 16.5. The van der Waals surface area contributed by atoms with Crippen LogP contribution in [0.1, 0.15) is 35.3 Å². The Morgan fingerprint density at radius 3 is 2.37 bits per heavy atom. The Balaban J connectivity index is 1.72. The highest BCUT2D eigenvalue weighted by Crippen LogP contribution is 2.27. The lowest BCUT2D eigenvalue weighted by Gasteiger charge is -2.24. The molecule has 3 rings (SSSR count). The highest BCUT2D eigenvalue weighted by Gasteiger charge is 2.11. The molecule has 0 amide bonds. The number of aliphatic hydroxyl groups excluding tert-OH is 1. The lowest BCUT2D eigenvalue weighted by molar-refractivity contribution is 0.199. The molecule has 0 bridgehead atoms. The summed E-state index contributed by atoms with van der Waals surface area (Å²) in [5.74, 6) is 0. The van der Waals surface area contributed by atoms with Gasteiger partial charge in [-0.25, -0.2) is 0 Å². The number of aliphatic hydroxyl groups is 1. The molecule has 3 aromatic rings. The summed E-state index contributed by atoms with van der Waals surface area (Å²) >= 11 is 0. The van der Waals surface area contributed by atoms with Crippen LogP contribution in [-0.4, -0.2) is 12.2 Å². The topological polar surface area (TPSA) is 35.5 Å². The number of hydrogen-bond acceptors (Lipinski definition) is 3. The minimum absolute atomic E-state index is 0.479. The molecule has 0 aliphatic carbocycles. The quantitative estimate of drug-likeness (QED) is 0.589. The number of hydrogen-bond donors (Lipinski definition) is 2. The summed E-state index contributed by atoms with van der Waals surface area (Å²) < 4.78 is 0. The minimum atomic E-state index is -0.479. The standard InChI is InChI=1S/C24H28N2O/c1-17-9-10-18(2)23(15-17)25-21-13-11-20(12-14-21)16-26(4)24-8-6-5-7-22(24)19(3)27/h5-15,19,25,27H,16H2,1-4H3. The fourth-order valence-electron chi connectivity index (χ4n) is 3.27. The van der Waals surface area contributed by atoms with E-state index in [2.05, 4.69) is 79.6 Å². The Bertz CT molecular complexity index is 901. The van der Waals surface area contributed by atoms with E-state index in [1.54, 1.807) is 6.92 Å². The molecule has 0 saturated heterocycles. The van der Waals surface area contributed by atoms with Crippen LogP contribution in [0.5, 0.6) is 0 Å². The number of benzene rings is 3. The number of nitrogens with zero attached hydrogens (tertiary/aromatic N) is 1. The third kappa shape index (κ3) is 4.69. The zero-order chi connectivity index (χ0) is 19.4. The molecule has 140 valence electrons. The van der Waals surface area contributed by atoms with E-state index in [4.69, 9.17) is 0 Å². The third-order valence-corrected chi connectivity index (χ3v) is 4.84. The van der Waals surface area contributed by atoms with E-state index in [0.29, 0.717) is 0 Å². The van der Waals surface area contributed by atoms with Gasteiger partial charge in [-0.15, -0.1) is 0 Å². The van der Waals surface area contributed by atoms with Gasteiger partial charge < -0.3 is 15.3 Å². The fourth-order valence-corrected chi connectivity index (χ4v) is 3.27. The molecule has 3 heteroatoms. The molecule has 1 atom stereocenters. The molecule has 0 heterocycles. The van der Waals surface area contributed by atoms with E-state index in [0.717, 1.165) is 29.2 Å². The number of aryl methyl sites for hydroxylation is 2. The second-order valence-corrected chi connectivity index (χ2v) is 7.23. The van der Waals surface area contributed by atoms with Crippen molar-refractivity contribution in [2.75, 3.05) is 17.3 Å². The maximum Gasteiger partial charge on any atom is 0.0781 e. The predicted octanol–water partition coefficient (Wildman–Crippen LogP) is 5.74. The van der Waals surface area contributed by atoms with Crippen LogP contribution in [0.3, 0.4) is 0 Å². The first kappa shape index (κ1) is 19.0. The summed E-state index contributed by atoms with van der Waals surface area (Å²) in [6.45, 7) is 6.81. The number of rotatable bonds is 6. The highest BCUT2D eigenvalue weighted by molar-refractivity contribution is 5.64. The first-order valence-electron chi connectivity index (χ1n) is 9.35. The monoisotopic (exact) mass is 360 g/mol. The molecule has 0 saturated carbocycles. The van der Waals surface area contributed by atoms with Gasteiger partial charge in [0.05, 0.1) is 6.10 Å². The first-order chi connectivity index (χ1) is 12.9. The highest BCUT2D eigenvalue weighted by atomic mass is 16.3. The van der Waals surface area contributed by atoms with E-state index in [9.17, 15) is 5.11 Å². The van der Waals surface area contributed by atoms with Gasteiger partial charge in [-0.05, 0) is 61.7 Å². The second-order valence-electron chi connectivity index (χ2n) is 7.23. The van der Waals surface area contributed by atoms with E-state index in [1.165, 1.54) is 16.7 Å². The molecule has 0 aliphatic heterocycles. The smallest absolute Gasteiger partial charge is 0.0781 e. The van der Waals surface area contributed by atoms with Gasteiger partial charge in [0.15, 0.2) is 0 Å². The molecule has 0 spiro atoms. The second kappa shape index (κ2) is 8.28. The van der Waals surface area contributed by atoms with Crippen molar-refractivity contribution in [3.05, 3.63) is 89.0 Å². The lowest BCUT2D eigenvalue weighted by atomic mass is 10.1. The Labute approximate surface area is 162 Å². The van der Waals surface area contributed by atoms with E-state index < -0.39 is 6.10 Å². The molecule has 1 unspecified atom stereocenters. The molecule has 2 N–H and O–H groups in total. The Morgan fingerprint density at radius 1 is 0.963 bits per heavy atom. The minimum Gasteiger partial charge on any atom is -0.389 e. The van der Waals surface area contributed by atoms with Gasteiger partial charge in [-0.2, -0.15) is 0 Å². The molecular weight excluding hydrogens is 332 g/mol. The van der Waals surface area contributed by atoms with E-state index in [-0.39, 0.29) is 0 Å². The maximum atomic E-state index is 10.0. The molecule has 3 aromatic carbocycles. The van der Waals surface area contributed by atoms with Crippen molar-refractivity contribution in [1.29, 1.82) is 0 Å². The van der Waals surface area contributed by atoms with Crippen LogP contribution in [0.4, 0.5) is 17.1 Å². The molecular formula is C24H28N2O. The SMILES string of the molecule is Cc1ccc(C)c(Nc2ccc(CN(C)c3ccccc3C(C)O)cc2)c1. The van der Waals surface area contributed by atoms with Gasteiger partial charge in [0.2, 0.25) is 0 Å². The van der Waals surface area contributed by atoms with Crippen molar-refractivity contribution in [1.82, 2.24) is 0 Å². The number of nitrogens with one attached hydrogen (secondary N) is 1. The summed E-state index contributed by atoms with van der Waals surface area (Å²) in [5.41, 5.74) is 7.95. The molecule has 3 nitrogen and oxygen atoms in total. The van der Waals surface area contributed by atoms with Gasteiger partial charge in [0.25, 0.3) is 0 Å². The summed E-state index contributed by atoms with van der Waals surface area (Å²) in [4.78, 5) is 2.18. The number of para-hydroxylation sites is 1. The first-order valence-corrected chi connectivity index (χ1v) is 9.35. The molecule has 0 aliphatic rings. The maximum absolute atomic E-state index is 10.0. The van der Waals surface area contributed by atoms with Crippen LogP contribution in [0.2, 0.25) is 0 Å². The van der Waals surface area contributed by atoms with Crippen molar-refractivity contribution in [2.45, 2.75) is 33.4 Å². The molecule has 0 aromatic heterocycles. The summed E-state index contributed by atoms with van der Waals surface area (Å²) in [5, 5.41) is 13.5. The largest absolute Gasteiger partial charge is 0.389 e. The van der Waals surface area contributed by atoms with Crippen LogP contribution >= 0.6 is 0 Å². The van der Waals surface area contributed by atoms with Crippen LogP contribution < -0.4 is 10.2 Å². The average molecular weight is 361 g/mol. The lowest BCUT2D eigenvalue weighted by Crippen LogP contribution is -2.18. The van der Waals surface area contributed by atoms with Gasteiger partial charge in [-0.3, -0.25) is 0 Å². The van der Waals surface area contributed by atoms with Crippen molar-refractivity contribution in [3.8, 4) is 0 Å². The van der Waals surface area contributed by atoms with Gasteiger partial charge in [0.1, 0.15) is 0 Å². The van der Waals surface area contributed by atoms with Crippen LogP contribution in [0.25, 0.3) is 0 Å². The zero-order valence-corrected chi connectivity index (χ0v) is 16.5. The van der Waals surface area contributed by atoms with Crippen molar-refractivity contribution in [2.24, 2.45) is 0 Å². The molecule has 0 fully saturated rings. The molecule has 27 heavy (non-hydrogen) atoms. The number of anilines is 3. The van der Waals surface area contributed by atoms with Gasteiger partial charge in [0, 0.05) is 36.2 Å². The predicted molar refractivity (Wildman–Crippen MR) is 115 cm³/mol. The average Bonchev–Trinajstić information content (AvgIpc) is 2.66. The van der Waals surface area contributed by atoms with E-state index >= 15 is 0 Å². The van der Waals surface area contributed by atoms with Crippen molar-refractivity contribution < 1.29 is 5.11 Å². The summed E-state index contributed by atoms with van der Waals surface area (Å²) in [6, 6.07) is 23.0. The fraction of sp³-hybridized carbons (Fsp3) is 0.250. The summed E-state index contributed by atoms with van der Waals surface area (Å²) in [6.07, 6.45) is -0.479.